The van der Waals surface area contributed by atoms with Crippen LogP contribution in [0.5, 0.6) is 0 Å². The fourth-order valence-electron chi connectivity index (χ4n) is 3.20. The Kier molecular flexibility index (Phi) is 3.54. The van der Waals surface area contributed by atoms with Crippen LogP contribution in [-0.4, -0.2) is 17.6 Å². The molecule has 0 saturated heterocycles. The summed E-state index contributed by atoms with van der Waals surface area (Å²) in [6.07, 6.45) is 0. The van der Waals surface area contributed by atoms with Crippen LogP contribution in [0.2, 0.25) is 0 Å². The third-order valence-corrected chi connectivity index (χ3v) is 4.24. The first-order chi connectivity index (χ1) is 11.8. The van der Waals surface area contributed by atoms with Crippen molar-refractivity contribution in [2.24, 2.45) is 0 Å². The Labute approximate surface area is 139 Å². The maximum atomic E-state index is 12.6. The molecule has 4 aromatic rings. The van der Waals surface area contributed by atoms with E-state index in [4.69, 9.17) is 4.74 Å². The van der Waals surface area contributed by atoms with Crippen LogP contribution in [0.1, 0.15) is 17.3 Å². The summed E-state index contributed by atoms with van der Waals surface area (Å²) in [4.78, 5) is 16.0. The highest BCUT2D eigenvalue weighted by Gasteiger charge is 2.21. The summed E-state index contributed by atoms with van der Waals surface area (Å²) >= 11 is 0. The Morgan fingerprint density at radius 1 is 0.917 bits per heavy atom. The third kappa shape index (κ3) is 2.26. The van der Waals surface area contributed by atoms with E-state index in [-0.39, 0.29) is 5.97 Å². The van der Waals surface area contributed by atoms with E-state index in [1.165, 1.54) is 0 Å². The summed E-state index contributed by atoms with van der Waals surface area (Å²) in [6.45, 7) is 2.18. The first-order valence-electron chi connectivity index (χ1n) is 8.05. The van der Waals surface area contributed by atoms with Gasteiger partial charge in [0.1, 0.15) is 0 Å². The fraction of sp³-hybridized carbons (Fsp3) is 0.0952. The minimum absolute atomic E-state index is 0.294. The van der Waals surface area contributed by atoms with E-state index in [1.54, 1.807) is 0 Å². The minimum atomic E-state index is -0.294. The van der Waals surface area contributed by atoms with Crippen LogP contribution < -0.4 is 0 Å². The molecule has 0 spiro atoms. The standard InChI is InChI=1S/C21H17NO2/c1-2-24-21(23)19-17-11-5-6-13-18(17)22-20(19)16-12-7-9-14-8-3-4-10-15(14)16/h3-13,22H,2H2,1H3. The van der Waals surface area contributed by atoms with Crippen LogP contribution in [0.3, 0.4) is 0 Å². The molecule has 0 atom stereocenters. The van der Waals surface area contributed by atoms with Gasteiger partial charge in [0.15, 0.2) is 0 Å². The first-order valence-corrected chi connectivity index (χ1v) is 8.05. The van der Waals surface area contributed by atoms with Crippen molar-refractivity contribution in [3.63, 3.8) is 0 Å². The van der Waals surface area contributed by atoms with Crippen molar-refractivity contribution in [1.82, 2.24) is 4.98 Å². The zero-order chi connectivity index (χ0) is 16.5. The highest BCUT2D eigenvalue weighted by Crippen LogP contribution is 2.35. The fourth-order valence-corrected chi connectivity index (χ4v) is 3.20. The van der Waals surface area contributed by atoms with Gasteiger partial charge in [0.05, 0.1) is 17.9 Å². The molecule has 0 aliphatic carbocycles. The van der Waals surface area contributed by atoms with E-state index >= 15 is 0 Å². The molecule has 0 radical (unpaired) electrons. The molecule has 0 fully saturated rings. The zero-order valence-corrected chi connectivity index (χ0v) is 13.4. The van der Waals surface area contributed by atoms with Crippen LogP contribution >= 0.6 is 0 Å². The summed E-state index contributed by atoms with van der Waals surface area (Å²) < 4.78 is 5.31. The van der Waals surface area contributed by atoms with Crippen molar-refractivity contribution in [2.75, 3.05) is 6.61 Å². The molecule has 0 saturated carbocycles. The lowest BCUT2D eigenvalue weighted by Gasteiger charge is -2.08. The third-order valence-electron chi connectivity index (χ3n) is 4.24. The second-order valence-electron chi connectivity index (χ2n) is 5.67. The number of aromatic amines is 1. The number of nitrogens with one attached hydrogen (secondary N) is 1. The summed E-state index contributed by atoms with van der Waals surface area (Å²) in [5, 5.41) is 3.14. The van der Waals surface area contributed by atoms with Crippen molar-refractivity contribution in [1.29, 1.82) is 0 Å². The van der Waals surface area contributed by atoms with E-state index in [2.05, 4.69) is 23.2 Å². The molecule has 118 valence electrons. The highest BCUT2D eigenvalue weighted by atomic mass is 16.5. The highest BCUT2D eigenvalue weighted by molar-refractivity contribution is 6.12. The summed E-state index contributed by atoms with van der Waals surface area (Å²) in [5.74, 6) is -0.294. The number of fused-ring (bicyclic) bond motifs is 2. The SMILES string of the molecule is CCOC(=O)c1c(-c2cccc3ccccc23)[nH]c2ccccc12. The number of benzene rings is 3. The largest absolute Gasteiger partial charge is 0.462 e. The molecule has 1 N–H and O–H groups in total. The van der Waals surface area contributed by atoms with Gasteiger partial charge >= 0.3 is 5.97 Å². The van der Waals surface area contributed by atoms with Crippen LogP contribution in [0.25, 0.3) is 32.9 Å². The molecular formula is C21H17NO2. The number of para-hydroxylation sites is 1. The molecule has 1 heterocycles. The van der Waals surface area contributed by atoms with E-state index in [0.29, 0.717) is 12.2 Å². The molecule has 3 aromatic carbocycles. The average molecular weight is 315 g/mol. The van der Waals surface area contributed by atoms with Gasteiger partial charge in [-0.2, -0.15) is 0 Å². The van der Waals surface area contributed by atoms with Gasteiger partial charge in [0.2, 0.25) is 0 Å². The summed E-state index contributed by atoms with van der Waals surface area (Å²) in [6, 6.07) is 22.1. The number of esters is 1. The van der Waals surface area contributed by atoms with Gasteiger partial charge in [-0.15, -0.1) is 0 Å². The number of hydrogen-bond acceptors (Lipinski definition) is 2. The Morgan fingerprint density at radius 2 is 1.62 bits per heavy atom. The monoisotopic (exact) mass is 315 g/mol. The van der Waals surface area contributed by atoms with Crippen molar-refractivity contribution in [2.45, 2.75) is 6.92 Å². The minimum Gasteiger partial charge on any atom is -0.462 e. The second kappa shape index (κ2) is 5.85. The molecule has 4 rings (SSSR count). The number of carbonyl (C=O) groups is 1. The molecule has 3 nitrogen and oxygen atoms in total. The van der Waals surface area contributed by atoms with Crippen LogP contribution in [0, 0.1) is 0 Å². The molecule has 3 heteroatoms. The summed E-state index contributed by atoms with van der Waals surface area (Å²) in [5.41, 5.74) is 3.35. The molecule has 0 bridgehead atoms. The van der Waals surface area contributed by atoms with E-state index < -0.39 is 0 Å². The molecule has 0 aliphatic heterocycles. The van der Waals surface area contributed by atoms with Crippen LogP contribution in [-0.2, 0) is 4.74 Å². The average Bonchev–Trinajstić information content (AvgIpc) is 3.01. The lowest BCUT2D eigenvalue weighted by Crippen LogP contribution is -2.05. The number of aromatic nitrogens is 1. The van der Waals surface area contributed by atoms with Gasteiger partial charge in [-0.25, -0.2) is 4.79 Å². The normalized spacial score (nSPS) is 11.0. The van der Waals surface area contributed by atoms with E-state index in [1.807, 2.05) is 55.5 Å². The molecule has 0 aliphatic rings. The molecule has 0 amide bonds. The van der Waals surface area contributed by atoms with E-state index in [9.17, 15) is 4.79 Å². The van der Waals surface area contributed by atoms with Gasteiger partial charge in [0.25, 0.3) is 0 Å². The van der Waals surface area contributed by atoms with Gasteiger partial charge in [0, 0.05) is 16.5 Å². The molecule has 1 aromatic heterocycles. The van der Waals surface area contributed by atoms with E-state index in [0.717, 1.165) is 32.9 Å². The maximum Gasteiger partial charge on any atom is 0.340 e. The summed E-state index contributed by atoms with van der Waals surface area (Å²) in [7, 11) is 0. The number of carbonyl (C=O) groups excluding carboxylic acids is 1. The first kappa shape index (κ1) is 14.5. The van der Waals surface area contributed by atoms with Gasteiger partial charge in [-0.3, -0.25) is 0 Å². The number of ether oxygens (including phenoxy) is 1. The van der Waals surface area contributed by atoms with Crippen LogP contribution in [0.4, 0.5) is 0 Å². The van der Waals surface area contributed by atoms with Gasteiger partial charge < -0.3 is 9.72 Å². The Hall–Kier alpha value is -3.07. The molecular weight excluding hydrogens is 298 g/mol. The smallest absolute Gasteiger partial charge is 0.340 e. The quantitative estimate of drug-likeness (QED) is 0.530. The number of H-pyrrole nitrogens is 1. The van der Waals surface area contributed by atoms with Crippen molar-refractivity contribution in [3.05, 3.63) is 72.3 Å². The molecule has 0 unspecified atom stereocenters. The van der Waals surface area contributed by atoms with Crippen molar-refractivity contribution < 1.29 is 9.53 Å². The lowest BCUT2D eigenvalue weighted by atomic mass is 9.99. The predicted octanol–water partition coefficient (Wildman–Crippen LogP) is 5.16. The second-order valence-corrected chi connectivity index (χ2v) is 5.67. The Morgan fingerprint density at radius 3 is 2.46 bits per heavy atom. The Balaban J connectivity index is 2.05. The number of rotatable bonds is 3. The lowest BCUT2D eigenvalue weighted by molar-refractivity contribution is 0.0529. The van der Waals surface area contributed by atoms with Crippen molar-refractivity contribution >= 4 is 27.6 Å². The Bertz CT molecular complexity index is 1040. The molecule has 24 heavy (non-hydrogen) atoms. The van der Waals surface area contributed by atoms with Crippen LogP contribution in [0.15, 0.2) is 66.7 Å². The van der Waals surface area contributed by atoms with Crippen molar-refractivity contribution in [3.8, 4) is 11.3 Å². The maximum absolute atomic E-state index is 12.6. The topological polar surface area (TPSA) is 42.1 Å². The zero-order valence-electron chi connectivity index (χ0n) is 13.4. The van der Waals surface area contributed by atoms with Gasteiger partial charge in [-0.05, 0) is 23.8 Å². The van der Waals surface area contributed by atoms with Gasteiger partial charge in [-0.1, -0.05) is 60.7 Å². The number of hydrogen-bond donors (Lipinski definition) is 1. The predicted molar refractivity (Wildman–Crippen MR) is 97.2 cm³/mol.